The van der Waals surface area contributed by atoms with Crippen molar-refractivity contribution in [2.45, 2.75) is 0 Å². The summed E-state index contributed by atoms with van der Waals surface area (Å²) in [5.41, 5.74) is 7.63. The molecule has 1 aliphatic heterocycles. The van der Waals surface area contributed by atoms with E-state index in [0.717, 1.165) is 38.1 Å². The average molecular weight is 216 g/mol. The maximum absolute atomic E-state index is 10.3. The molecule has 83 valence electrons. The molecule has 0 spiro atoms. The Morgan fingerprint density at radius 3 is 2.31 bits per heavy atom. The van der Waals surface area contributed by atoms with Crippen molar-refractivity contribution in [3.8, 4) is 0 Å². The summed E-state index contributed by atoms with van der Waals surface area (Å²) < 4.78 is 0. The van der Waals surface area contributed by atoms with E-state index in [1.165, 1.54) is 5.69 Å². The molecule has 0 amide bonds. The molecule has 1 aliphatic rings. The largest absolute Gasteiger partial charge is 0.399 e. The van der Waals surface area contributed by atoms with Crippen molar-refractivity contribution in [3.05, 3.63) is 24.3 Å². The molecule has 1 aromatic rings. The normalized spacial score (nSPS) is 17.1. The van der Waals surface area contributed by atoms with E-state index in [-0.39, 0.29) is 0 Å². The van der Waals surface area contributed by atoms with Crippen LogP contribution in [-0.2, 0) is 4.79 Å². The van der Waals surface area contributed by atoms with Gasteiger partial charge in [-0.1, -0.05) is 0 Å². The highest BCUT2D eigenvalue weighted by molar-refractivity contribution is 6.64. The maximum atomic E-state index is 10.3. The summed E-state index contributed by atoms with van der Waals surface area (Å²) in [6.07, 6.45) is 0.846. The van der Waals surface area contributed by atoms with Crippen molar-refractivity contribution in [1.82, 2.24) is 4.81 Å². The lowest BCUT2D eigenvalue weighted by Crippen LogP contribution is -2.48. The lowest BCUT2D eigenvalue weighted by atomic mass is 9.93. The Kier molecular flexibility index (Phi) is 3.46. The van der Waals surface area contributed by atoms with Crippen molar-refractivity contribution < 1.29 is 4.79 Å². The molecule has 2 N–H and O–H groups in total. The Morgan fingerprint density at radius 2 is 1.75 bits per heavy atom. The number of piperazine rings is 1. The number of nitrogens with two attached hydrogens (primary N) is 1. The van der Waals surface area contributed by atoms with Gasteiger partial charge in [-0.05, 0) is 24.3 Å². The van der Waals surface area contributed by atoms with E-state index in [1.54, 1.807) is 7.41 Å². The van der Waals surface area contributed by atoms with Crippen LogP contribution in [0.25, 0.3) is 0 Å². The van der Waals surface area contributed by atoms with E-state index in [4.69, 9.17) is 5.73 Å². The van der Waals surface area contributed by atoms with E-state index >= 15 is 0 Å². The molecule has 2 rings (SSSR count). The molecule has 0 aliphatic carbocycles. The molecule has 0 saturated carbocycles. The highest BCUT2D eigenvalue weighted by Gasteiger charge is 2.16. The third kappa shape index (κ3) is 2.55. The summed E-state index contributed by atoms with van der Waals surface area (Å²) in [6, 6.07) is 7.90. The number of nitrogens with zero attached hydrogens (tertiary/aromatic N) is 2. The van der Waals surface area contributed by atoms with E-state index < -0.39 is 0 Å². The number of anilines is 2. The minimum atomic E-state index is 0.789. The third-order valence-electron chi connectivity index (χ3n) is 2.84. The number of rotatable bonds is 3. The Morgan fingerprint density at radius 1 is 1.12 bits per heavy atom. The van der Waals surface area contributed by atoms with Gasteiger partial charge in [0.15, 0.2) is 0 Å². The van der Waals surface area contributed by atoms with Crippen LogP contribution in [0, 0.1) is 0 Å². The van der Waals surface area contributed by atoms with Crippen molar-refractivity contribution in [1.29, 1.82) is 0 Å². The lowest BCUT2D eigenvalue weighted by molar-refractivity contribution is 0.409. The molecule has 1 saturated heterocycles. The van der Waals surface area contributed by atoms with Crippen LogP contribution in [0.2, 0.25) is 0 Å². The van der Waals surface area contributed by atoms with Crippen LogP contribution in [-0.4, -0.2) is 44.6 Å². The van der Waals surface area contributed by atoms with Gasteiger partial charge in [0.25, 0.3) is 7.41 Å². The van der Waals surface area contributed by atoms with Crippen LogP contribution < -0.4 is 10.6 Å². The zero-order valence-electron chi connectivity index (χ0n) is 9.17. The molecular formula is C11H15BN3O. The van der Waals surface area contributed by atoms with Gasteiger partial charge < -0.3 is 20.2 Å². The zero-order valence-corrected chi connectivity index (χ0v) is 9.17. The summed E-state index contributed by atoms with van der Waals surface area (Å²) >= 11 is 0. The SMILES string of the molecule is Nc1ccc(N2CCN([B]C=O)CC2)cc1. The molecule has 0 aromatic heterocycles. The standard InChI is InChI=1S/C11H15BN3O/c13-10-1-3-11(4-2-10)14-5-7-15(8-6-14)12-9-16/h1-4,9H,5-8,13H2. The van der Waals surface area contributed by atoms with Gasteiger partial charge in [0.1, 0.15) is 0 Å². The van der Waals surface area contributed by atoms with Gasteiger partial charge in [0.2, 0.25) is 0 Å². The lowest BCUT2D eigenvalue weighted by Gasteiger charge is -2.35. The van der Waals surface area contributed by atoms with Gasteiger partial charge in [0, 0.05) is 37.6 Å². The first-order valence-corrected chi connectivity index (χ1v) is 5.43. The first-order valence-electron chi connectivity index (χ1n) is 5.43. The number of hydrogen-bond donors (Lipinski definition) is 1. The van der Waals surface area contributed by atoms with E-state index in [9.17, 15) is 4.79 Å². The number of nitrogen functional groups attached to an aromatic ring is 1. The van der Waals surface area contributed by atoms with Crippen LogP contribution in [0.5, 0.6) is 0 Å². The van der Waals surface area contributed by atoms with Crippen molar-refractivity contribution >= 4 is 25.0 Å². The van der Waals surface area contributed by atoms with Gasteiger partial charge in [-0.15, -0.1) is 0 Å². The van der Waals surface area contributed by atoms with Crippen molar-refractivity contribution in [2.75, 3.05) is 36.8 Å². The second-order valence-electron chi connectivity index (χ2n) is 3.90. The molecule has 1 aromatic carbocycles. The van der Waals surface area contributed by atoms with Gasteiger partial charge in [-0.3, -0.25) is 0 Å². The predicted octanol–water partition coefficient (Wildman–Crippen LogP) is 0.200. The summed E-state index contributed by atoms with van der Waals surface area (Å²) in [5, 5.41) is 0. The summed E-state index contributed by atoms with van der Waals surface area (Å²) in [5.74, 6) is 0. The molecular weight excluding hydrogens is 201 g/mol. The van der Waals surface area contributed by atoms with E-state index in [2.05, 4.69) is 4.90 Å². The van der Waals surface area contributed by atoms with E-state index in [0.29, 0.717) is 0 Å². The molecule has 0 bridgehead atoms. The molecule has 1 radical (unpaired) electrons. The number of hydrogen-bond acceptors (Lipinski definition) is 4. The Balaban J connectivity index is 1.93. The second kappa shape index (κ2) is 5.03. The van der Waals surface area contributed by atoms with Crippen molar-refractivity contribution in [3.63, 3.8) is 0 Å². The molecule has 1 heterocycles. The van der Waals surface area contributed by atoms with Crippen LogP contribution in [0.15, 0.2) is 24.3 Å². The summed E-state index contributed by atoms with van der Waals surface area (Å²) in [7, 11) is 1.61. The molecule has 0 atom stereocenters. The van der Waals surface area contributed by atoms with Gasteiger partial charge >= 0.3 is 0 Å². The highest BCUT2D eigenvalue weighted by atomic mass is 16.1. The monoisotopic (exact) mass is 216 g/mol. The Labute approximate surface area is 96.3 Å². The molecule has 1 fully saturated rings. The fourth-order valence-electron chi connectivity index (χ4n) is 1.90. The van der Waals surface area contributed by atoms with Crippen LogP contribution in [0.3, 0.4) is 0 Å². The average Bonchev–Trinajstić information content (AvgIpc) is 2.32. The first kappa shape index (κ1) is 11.0. The molecule has 4 nitrogen and oxygen atoms in total. The number of benzene rings is 1. The zero-order chi connectivity index (χ0) is 11.4. The van der Waals surface area contributed by atoms with Crippen LogP contribution >= 0.6 is 0 Å². The fourth-order valence-corrected chi connectivity index (χ4v) is 1.90. The Bertz CT molecular complexity index is 347. The first-order chi connectivity index (χ1) is 7.79. The topological polar surface area (TPSA) is 49.6 Å². The van der Waals surface area contributed by atoms with Crippen LogP contribution in [0.1, 0.15) is 0 Å². The van der Waals surface area contributed by atoms with Gasteiger partial charge in [-0.25, -0.2) is 0 Å². The minimum absolute atomic E-state index is 0.789. The van der Waals surface area contributed by atoms with Gasteiger partial charge in [-0.2, -0.15) is 0 Å². The fraction of sp³-hybridized carbons (Fsp3) is 0.364. The van der Waals surface area contributed by atoms with Crippen molar-refractivity contribution in [2.24, 2.45) is 0 Å². The molecule has 16 heavy (non-hydrogen) atoms. The number of carbonyl (C=O) groups is 1. The smallest absolute Gasteiger partial charge is 0.293 e. The van der Waals surface area contributed by atoms with Crippen LogP contribution in [0.4, 0.5) is 11.4 Å². The Hall–Kier alpha value is -1.49. The van der Waals surface area contributed by atoms with Gasteiger partial charge in [0.05, 0.1) is 6.19 Å². The second-order valence-corrected chi connectivity index (χ2v) is 3.90. The minimum Gasteiger partial charge on any atom is -0.399 e. The molecule has 5 heteroatoms. The predicted molar refractivity (Wildman–Crippen MR) is 67.1 cm³/mol. The quantitative estimate of drug-likeness (QED) is 0.445. The molecule has 0 unspecified atom stereocenters. The van der Waals surface area contributed by atoms with E-state index in [1.807, 2.05) is 29.1 Å². The maximum Gasteiger partial charge on any atom is 0.293 e. The number of carbonyl (C=O) groups excluding carboxylic acids is 1. The highest BCUT2D eigenvalue weighted by Crippen LogP contribution is 2.17. The third-order valence-corrected chi connectivity index (χ3v) is 2.84. The summed E-state index contributed by atoms with van der Waals surface area (Å²) in [6.45, 7) is 3.66. The summed E-state index contributed by atoms with van der Waals surface area (Å²) in [4.78, 5) is 14.7.